The summed E-state index contributed by atoms with van der Waals surface area (Å²) in [6.45, 7) is 3.47. The molecule has 2 heterocycles. The van der Waals surface area contributed by atoms with Crippen molar-refractivity contribution in [2.45, 2.75) is 13.8 Å². The minimum Gasteiger partial charge on any atom is -0.457 e. The first kappa shape index (κ1) is 18.6. The summed E-state index contributed by atoms with van der Waals surface area (Å²) in [6.07, 6.45) is 1.72. The summed E-state index contributed by atoms with van der Waals surface area (Å²) < 4.78 is 19.0. The lowest BCUT2D eigenvalue weighted by atomic mass is 10.0. The number of ether oxygens (including phenoxy) is 1. The molecule has 4 rings (SSSR count). The monoisotopic (exact) mass is 386 g/mol. The number of pyridine rings is 1. The molecule has 0 saturated heterocycles. The third kappa shape index (κ3) is 3.80. The first-order chi connectivity index (χ1) is 14.0. The number of ketones is 1. The van der Waals surface area contributed by atoms with Gasteiger partial charge in [-0.1, -0.05) is 18.2 Å². The van der Waals surface area contributed by atoms with Gasteiger partial charge in [0.1, 0.15) is 17.3 Å². The van der Waals surface area contributed by atoms with Crippen molar-refractivity contribution in [1.29, 1.82) is 0 Å². The Kier molecular flexibility index (Phi) is 4.96. The number of hydrogen-bond donors (Lipinski definition) is 1. The van der Waals surface area contributed by atoms with Gasteiger partial charge in [-0.15, -0.1) is 0 Å². The Morgan fingerprint density at radius 2 is 1.76 bits per heavy atom. The third-order valence-corrected chi connectivity index (χ3v) is 4.70. The maximum Gasteiger partial charge on any atom is 0.162 e. The summed E-state index contributed by atoms with van der Waals surface area (Å²) in [5.41, 5.74) is 4.62. The minimum absolute atomic E-state index is 0.0270. The number of carbonyl (C=O) groups excluding carboxylic acids is 1. The fraction of sp³-hybridized carbons (Fsp3) is 0.0833. The molecule has 0 fully saturated rings. The van der Waals surface area contributed by atoms with Crippen molar-refractivity contribution in [2.75, 3.05) is 0 Å². The largest absolute Gasteiger partial charge is 0.457 e. The highest BCUT2D eigenvalue weighted by Crippen LogP contribution is 2.35. The van der Waals surface area contributed by atoms with Crippen LogP contribution in [0.3, 0.4) is 0 Å². The molecule has 0 unspecified atom stereocenters. The van der Waals surface area contributed by atoms with E-state index in [1.54, 1.807) is 25.3 Å². The molecular formula is C24H19FN2O2. The van der Waals surface area contributed by atoms with Gasteiger partial charge in [0.2, 0.25) is 0 Å². The molecule has 2 aromatic heterocycles. The quantitative estimate of drug-likeness (QED) is 0.416. The van der Waals surface area contributed by atoms with Crippen LogP contribution in [0.4, 0.5) is 4.39 Å². The number of Topliss-reactive ketones (excluding diaryl/α,β-unsaturated/α-hetero) is 1. The fourth-order valence-electron chi connectivity index (χ4n) is 3.37. The molecule has 0 amide bonds. The zero-order valence-corrected chi connectivity index (χ0v) is 16.1. The average Bonchev–Trinajstić information content (AvgIpc) is 3.08. The molecule has 0 atom stereocenters. The third-order valence-electron chi connectivity index (χ3n) is 4.70. The number of rotatable bonds is 5. The van der Waals surface area contributed by atoms with E-state index >= 15 is 0 Å². The number of aromatic nitrogens is 2. The van der Waals surface area contributed by atoms with Gasteiger partial charge in [-0.2, -0.15) is 0 Å². The molecule has 0 saturated carbocycles. The minimum atomic E-state index is -0.318. The van der Waals surface area contributed by atoms with Crippen LogP contribution < -0.4 is 4.74 Å². The van der Waals surface area contributed by atoms with Crippen LogP contribution in [-0.4, -0.2) is 15.8 Å². The summed E-state index contributed by atoms with van der Waals surface area (Å²) in [5, 5.41) is 0. The maximum absolute atomic E-state index is 13.1. The topological polar surface area (TPSA) is 55.0 Å². The molecule has 0 aliphatic rings. The lowest BCUT2D eigenvalue weighted by Gasteiger charge is -2.08. The molecule has 4 aromatic rings. The Morgan fingerprint density at radius 1 is 0.966 bits per heavy atom. The Labute approximate surface area is 168 Å². The summed E-state index contributed by atoms with van der Waals surface area (Å²) >= 11 is 0. The van der Waals surface area contributed by atoms with Crippen molar-refractivity contribution in [2.24, 2.45) is 0 Å². The standard InChI is InChI=1S/C24H19FN2O2/c1-15-22(16(2)28)24(27-23(15)21-8-3-4-13-26-21)17-6-5-7-20(14-17)29-19-11-9-18(25)10-12-19/h3-14,27H,1-2H3. The van der Waals surface area contributed by atoms with E-state index in [2.05, 4.69) is 9.97 Å². The van der Waals surface area contributed by atoms with Crippen molar-refractivity contribution in [3.63, 3.8) is 0 Å². The van der Waals surface area contributed by atoms with Crippen LogP contribution in [0.1, 0.15) is 22.8 Å². The van der Waals surface area contributed by atoms with Crippen LogP contribution in [0.2, 0.25) is 0 Å². The molecule has 29 heavy (non-hydrogen) atoms. The van der Waals surface area contributed by atoms with E-state index in [-0.39, 0.29) is 11.6 Å². The highest BCUT2D eigenvalue weighted by Gasteiger charge is 2.20. The molecule has 144 valence electrons. The van der Waals surface area contributed by atoms with Crippen molar-refractivity contribution < 1.29 is 13.9 Å². The molecule has 0 aliphatic heterocycles. The van der Waals surface area contributed by atoms with Gasteiger partial charge in [0, 0.05) is 17.3 Å². The Hall–Kier alpha value is -3.73. The van der Waals surface area contributed by atoms with Crippen LogP contribution in [0.5, 0.6) is 11.5 Å². The second-order valence-electron chi connectivity index (χ2n) is 6.73. The van der Waals surface area contributed by atoms with Gasteiger partial charge in [-0.25, -0.2) is 4.39 Å². The lowest BCUT2D eigenvalue weighted by Crippen LogP contribution is -1.96. The van der Waals surface area contributed by atoms with E-state index in [1.807, 2.05) is 49.4 Å². The lowest BCUT2D eigenvalue weighted by molar-refractivity contribution is 0.101. The van der Waals surface area contributed by atoms with Gasteiger partial charge < -0.3 is 9.72 Å². The number of nitrogens with one attached hydrogen (secondary N) is 1. The summed E-state index contributed by atoms with van der Waals surface area (Å²) in [7, 11) is 0. The number of halogens is 1. The molecule has 0 bridgehead atoms. The highest BCUT2D eigenvalue weighted by molar-refractivity contribution is 6.03. The molecule has 4 nitrogen and oxygen atoms in total. The van der Waals surface area contributed by atoms with Gasteiger partial charge in [0.15, 0.2) is 5.78 Å². The number of benzene rings is 2. The predicted molar refractivity (Wildman–Crippen MR) is 111 cm³/mol. The van der Waals surface area contributed by atoms with Crippen molar-refractivity contribution >= 4 is 5.78 Å². The van der Waals surface area contributed by atoms with Gasteiger partial charge in [-0.3, -0.25) is 9.78 Å². The van der Waals surface area contributed by atoms with Gasteiger partial charge >= 0.3 is 0 Å². The van der Waals surface area contributed by atoms with Crippen molar-refractivity contribution in [1.82, 2.24) is 9.97 Å². The Bertz CT molecular complexity index is 1170. The Morgan fingerprint density at radius 3 is 2.45 bits per heavy atom. The van der Waals surface area contributed by atoms with E-state index in [0.29, 0.717) is 17.1 Å². The van der Waals surface area contributed by atoms with Crippen LogP contribution in [0.15, 0.2) is 72.9 Å². The molecular weight excluding hydrogens is 367 g/mol. The second-order valence-corrected chi connectivity index (χ2v) is 6.73. The van der Waals surface area contributed by atoms with E-state index in [9.17, 15) is 9.18 Å². The molecule has 1 N–H and O–H groups in total. The maximum atomic E-state index is 13.1. The molecule has 5 heteroatoms. The van der Waals surface area contributed by atoms with Gasteiger partial charge in [0.05, 0.1) is 17.1 Å². The first-order valence-corrected chi connectivity index (χ1v) is 9.21. The van der Waals surface area contributed by atoms with Gasteiger partial charge in [-0.05, 0) is 67.9 Å². The van der Waals surface area contributed by atoms with E-state index < -0.39 is 0 Å². The smallest absolute Gasteiger partial charge is 0.162 e. The first-order valence-electron chi connectivity index (χ1n) is 9.21. The average molecular weight is 386 g/mol. The van der Waals surface area contributed by atoms with Crippen LogP contribution in [-0.2, 0) is 0 Å². The van der Waals surface area contributed by atoms with Crippen LogP contribution in [0.25, 0.3) is 22.6 Å². The molecule has 0 spiro atoms. The SMILES string of the molecule is CC(=O)c1c(-c2cccc(Oc3ccc(F)cc3)c2)[nH]c(-c2ccccn2)c1C. The molecule has 0 aliphatic carbocycles. The van der Waals surface area contributed by atoms with E-state index in [1.165, 1.54) is 12.1 Å². The number of carbonyl (C=O) groups is 1. The van der Waals surface area contributed by atoms with E-state index in [0.717, 1.165) is 28.2 Å². The summed E-state index contributed by atoms with van der Waals surface area (Å²) in [4.78, 5) is 20.2. The zero-order chi connectivity index (χ0) is 20.4. The fourth-order valence-corrected chi connectivity index (χ4v) is 3.37. The normalized spacial score (nSPS) is 10.7. The highest BCUT2D eigenvalue weighted by atomic mass is 19.1. The second kappa shape index (κ2) is 7.72. The summed E-state index contributed by atoms with van der Waals surface area (Å²) in [5.74, 6) is 0.782. The van der Waals surface area contributed by atoms with Crippen LogP contribution >= 0.6 is 0 Å². The number of hydrogen-bond acceptors (Lipinski definition) is 3. The molecule has 0 radical (unpaired) electrons. The van der Waals surface area contributed by atoms with Crippen LogP contribution in [0, 0.1) is 12.7 Å². The Balaban J connectivity index is 1.76. The van der Waals surface area contributed by atoms with Crippen molar-refractivity contribution in [3.05, 3.63) is 89.9 Å². The predicted octanol–water partition coefficient (Wildman–Crippen LogP) is 6.19. The molecule has 2 aromatic carbocycles. The van der Waals surface area contributed by atoms with E-state index in [4.69, 9.17) is 4.74 Å². The van der Waals surface area contributed by atoms with Gasteiger partial charge in [0.25, 0.3) is 0 Å². The summed E-state index contributed by atoms with van der Waals surface area (Å²) in [6, 6.07) is 18.9. The number of H-pyrrole nitrogens is 1. The van der Waals surface area contributed by atoms with Crippen molar-refractivity contribution in [3.8, 4) is 34.1 Å². The number of aromatic amines is 1. The zero-order valence-electron chi connectivity index (χ0n) is 16.1. The number of nitrogens with zero attached hydrogens (tertiary/aromatic N) is 1.